The summed E-state index contributed by atoms with van der Waals surface area (Å²) in [4.78, 5) is 26.6. The molecular weight excluding hydrogens is 416 g/mol. The highest BCUT2D eigenvalue weighted by Crippen LogP contribution is 2.24. The predicted octanol–water partition coefficient (Wildman–Crippen LogP) is 3.46. The highest BCUT2D eigenvalue weighted by Gasteiger charge is 2.26. The van der Waals surface area contributed by atoms with Gasteiger partial charge in [0.25, 0.3) is 15.9 Å². The first-order chi connectivity index (χ1) is 14.8. The van der Waals surface area contributed by atoms with Gasteiger partial charge in [0.1, 0.15) is 0 Å². The van der Waals surface area contributed by atoms with Crippen molar-refractivity contribution in [2.75, 3.05) is 24.0 Å². The number of carbonyl (C=O) groups excluding carboxylic acids is 2. The molecule has 0 aliphatic carbocycles. The Kier molecular flexibility index (Phi) is 7.33. The SMILES string of the molecule is CCN(c1ccccc1)S(=O)(=O)c1cccc(C(=O)OCC(=O)N2CCCCC2C)c1. The van der Waals surface area contributed by atoms with Gasteiger partial charge in [0.05, 0.1) is 16.1 Å². The number of anilines is 1. The average molecular weight is 445 g/mol. The van der Waals surface area contributed by atoms with E-state index in [1.165, 1.54) is 28.6 Å². The number of likely N-dealkylation sites (tertiary alicyclic amines) is 1. The van der Waals surface area contributed by atoms with Gasteiger partial charge in [0.2, 0.25) is 0 Å². The summed E-state index contributed by atoms with van der Waals surface area (Å²) in [6, 6.07) is 14.6. The van der Waals surface area contributed by atoms with E-state index in [0.717, 1.165) is 19.3 Å². The lowest BCUT2D eigenvalue weighted by molar-refractivity contribution is -0.137. The van der Waals surface area contributed by atoms with E-state index in [1.807, 2.05) is 13.0 Å². The number of esters is 1. The second-order valence-electron chi connectivity index (χ2n) is 7.54. The Bertz CT molecular complexity index is 1020. The van der Waals surface area contributed by atoms with E-state index < -0.39 is 16.0 Å². The lowest BCUT2D eigenvalue weighted by atomic mass is 10.0. The third kappa shape index (κ3) is 5.25. The van der Waals surface area contributed by atoms with E-state index >= 15 is 0 Å². The van der Waals surface area contributed by atoms with Crippen LogP contribution >= 0.6 is 0 Å². The van der Waals surface area contributed by atoms with Crippen LogP contribution in [0.4, 0.5) is 5.69 Å². The van der Waals surface area contributed by atoms with E-state index in [4.69, 9.17) is 4.74 Å². The third-order valence-corrected chi connectivity index (χ3v) is 7.34. The van der Waals surface area contributed by atoms with Gasteiger partial charge >= 0.3 is 5.97 Å². The van der Waals surface area contributed by atoms with Gasteiger partial charge in [-0.05, 0) is 63.4 Å². The van der Waals surface area contributed by atoms with E-state index in [2.05, 4.69) is 0 Å². The zero-order valence-electron chi connectivity index (χ0n) is 17.9. The molecule has 7 nitrogen and oxygen atoms in total. The average Bonchev–Trinajstić information content (AvgIpc) is 2.78. The molecule has 0 radical (unpaired) electrons. The van der Waals surface area contributed by atoms with Crippen molar-refractivity contribution in [3.63, 3.8) is 0 Å². The highest BCUT2D eigenvalue weighted by molar-refractivity contribution is 7.92. The molecule has 0 bridgehead atoms. The molecule has 1 aliphatic heterocycles. The quantitative estimate of drug-likeness (QED) is 0.611. The van der Waals surface area contributed by atoms with Gasteiger partial charge in [0, 0.05) is 19.1 Å². The zero-order chi connectivity index (χ0) is 22.4. The number of amides is 1. The molecule has 0 saturated carbocycles. The number of benzene rings is 2. The number of ether oxygens (including phenoxy) is 1. The highest BCUT2D eigenvalue weighted by atomic mass is 32.2. The summed E-state index contributed by atoms with van der Waals surface area (Å²) >= 11 is 0. The summed E-state index contributed by atoms with van der Waals surface area (Å²) in [5, 5.41) is 0. The Morgan fingerprint density at radius 3 is 2.52 bits per heavy atom. The first-order valence-electron chi connectivity index (χ1n) is 10.5. The van der Waals surface area contributed by atoms with E-state index in [9.17, 15) is 18.0 Å². The van der Waals surface area contributed by atoms with Crippen molar-refractivity contribution >= 4 is 27.6 Å². The van der Waals surface area contributed by atoms with Crippen LogP contribution in [-0.2, 0) is 19.6 Å². The van der Waals surface area contributed by atoms with Crippen LogP contribution in [-0.4, -0.2) is 50.9 Å². The van der Waals surface area contributed by atoms with E-state index in [1.54, 1.807) is 36.1 Å². The number of para-hydroxylation sites is 1. The topological polar surface area (TPSA) is 84.0 Å². The summed E-state index contributed by atoms with van der Waals surface area (Å²) in [7, 11) is -3.87. The van der Waals surface area contributed by atoms with E-state index in [-0.39, 0.29) is 35.6 Å². The molecule has 1 aliphatic rings. The number of sulfonamides is 1. The van der Waals surface area contributed by atoms with Crippen LogP contribution < -0.4 is 4.31 Å². The molecule has 1 atom stereocenters. The number of hydrogen-bond donors (Lipinski definition) is 0. The Hall–Kier alpha value is -2.87. The second-order valence-corrected chi connectivity index (χ2v) is 9.40. The first kappa shape index (κ1) is 22.8. The zero-order valence-corrected chi connectivity index (χ0v) is 18.7. The lowest BCUT2D eigenvalue weighted by Gasteiger charge is -2.33. The summed E-state index contributed by atoms with van der Waals surface area (Å²) < 4.78 is 32.8. The Morgan fingerprint density at radius 1 is 1.10 bits per heavy atom. The molecule has 166 valence electrons. The maximum atomic E-state index is 13.2. The molecule has 8 heteroatoms. The lowest BCUT2D eigenvalue weighted by Crippen LogP contribution is -2.44. The fourth-order valence-corrected chi connectivity index (χ4v) is 5.28. The summed E-state index contributed by atoms with van der Waals surface area (Å²) in [5.41, 5.74) is 0.629. The number of carbonyl (C=O) groups is 2. The van der Waals surface area contributed by atoms with Crippen molar-refractivity contribution in [2.24, 2.45) is 0 Å². The van der Waals surface area contributed by atoms with Gasteiger partial charge < -0.3 is 9.64 Å². The summed E-state index contributed by atoms with van der Waals surface area (Å²) in [6.07, 6.45) is 2.97. The van der Waals surface area contributed by atoms with Crippen molar-refractivity contribution in [3.8, 4) is 0 Å². The summed E-state index contributed by atoms with van der Waals surface area (Å²) in [6.45, 7) is 4.28. The van der Waals surface area contributed by atoms with Crippen LogP contribution in [0, 0.1) is 0 Å². The molecule has 1 fully saturated rings. The fourth-order valence-electron chi connectivity index (χ4n) is 3.76. The van der Waals surface area contributed by atoms with Gasteiger partial charge in [0.15, 0.2) is 6.61 Å². The Balaban J connectivity index is 1.73. The maximum absolute atomic E-state index is 13.2. The van der Waals surface area contributed by atoms with Crippen molar-refractivity contribution < 1.29 is 22.7 Å². The number of hydrogen-bond acceptors (Lipinski definition) is 5. The number of nitrogens with zero attached hydrogens (tertiary/aromatic N) is 2. The smallest absolute Gasteiger partial charge is 0.338 e. The molecule has 0 aromatic heterocycles. The molecular formula is C23H28N2O5S. The van der Waals surface area contributed by atoms with Crippen LogP contribution in [0.15, 0.2) is 59.5 Å². The van der Waals surface area contributed by atoms with Crippen LogP contribution in [0.3, 0.4) is 0 Å². The van der Waals surface area contributed by atoms with Crippen molar-refractivity contribution in [2.45, 2.75) is 44.0 Å². The molecule has 0 N–H and O–H groups in total. The minimum atomic E-state index is -3.87. The summed E-state index contributed by atoms with van der Waals surface area (Å²) in [5.74, 6) is -0.955. The van der Waals surface area contributed by atoms with Crippen LogP contribution in [0.2, 0.25) is 0 Å². The van der Waals surface area contributed by atoms with Gasteiger partial charge in [-0.3, -0.25) is 9.10 Å². The van der Waals surface area contributed by atoms with Gasteiger partial charge in [-0.1, -0.05) is 24.3 Å². The minimum Gasteiger partial charge on any atom is -0.452 e. The fraction of sp³-hybridized carbons (Fsp3) is 0.391. The molecule has 2 aromatic rings. The third-order valence-electron chi connectivity index (χ3n) is 5.44. The van der Waals surface area contributed by atoms with Crippen molar-refractivity contribution in [1.82, 2.24) is 4.90 Å². The Morgan fingerprint density at radius 2 is 1.84 bits per heavy atom. The monoisotopic (exact) mass is 444 g/mol. The largest absolute Gasteiger partial charge is 0.452 e. The van der Waals surface area contributed by atoms with Crippen LogP contribution in [0.5, 0.6) is 0 Å². The van der Waals surface area contributed by atoms with Gasteiger partial charge in [-0.25, -0.2) is 13.2 Å². The van der Waals surface area contributed by atoms with E-state index in [0.29, 0.717) is 12.2 Å². The van der Waals surface area contributed by atoms with Crippen molar-refractivity contribution in [1.29, 1.82) is 0 Å². The number of rotatable bonds is 7. The maximum Gasteiger partial charge on any atom is 0.338 e. The molecule has 0 spiro atoms. The van der Waals surface area contributed by atoms with Crippen LogP contribution in [0.25, 0.3) is 0 Å². The molecule has 1 unspecified atom stereocenters. The predicted molar refractivity (Wildman–Crippen MR) is 118 cm³/mol. The second kappa shape index (κ2) is 9.96. The minimum absolute atomic E-state index is 0.0105. The molecule has 1 amide bonds. The van der Waals surface area contributed by atoms with Gasteiger partial charge in [-0.15, -0.1) is 0 Å². The molecule has 3 rings (SSSR count). The first-order valence-corrected chi connectivity index (χ1v) is 11.9. The molecule has 31 heavy (non-hydrogen) atoms. The molecule has 1 saturated heterocycles. The molecule has 1 heterocycles. The van der Waals surface area contributed by atoms with Crippen molar-refractivity contribution in [3.05, 3.63) is 60.2 Å². The Labute approximate surface area is 183 Å². The normalized spacial score (nSPS) is 16.6. The number of piperidine rings is 1. The van der Waals surface area contributed by atoms with Crippen LogP contribution in [0.1, 0.15) is 43.5 Å². The van der Waals surface area contributed by atoms with Gasteiger partial charge in [-0.2, -0.15) is 0 Å². The molecule has 2 aromatic carbocycles. The standard InChI is InChI=1S/C23H28N2O5S/c1-3-25(20-12-5-4-6-13-20)31(28,29)21-14-9-11-19(16-21)23(27)30-17-22(26)24-15-8-7-10-18(24)2/h4-6,9,11-14,16,18H,3,7-8,10,15,17H2,1-2H3.